The van der Waals surface area contributed by atoms with E-state index in [-0.39, 0.29) is 17.5 Å². The fraction of sp³-hybridized carbons (Fsp3) is 0.150. The second-order valence-corrected chi connectivity index (χ2v) is 6.31. The number of fused-ring (bicyclic) bond motifs is 3. The maximum Gasteiger partial charge on any atom is 0.299 e. The van der Waals surface area contributed by atoms with Gasteiger partial charge in [-0.25, -0.2) is 4.98 Å². The van der Waals surface area contributed by atoms with Crippen molar-refractivity contribution in [2.45, 2.75) is 13.2 Å². The van der Waals surface area contributed by atoms with Crippen LogP contribution in [-0.4, -0.2) is 27.2 Å². The minimum atomic E-state index is -0.272. The number of aromatic nitrogens is 3. The van der Waals surface area contributed by atoms with E-state index >= 15 is 0 Å². The van der Waals surface area contributed by atoms with Gasteiger partial charge in [0.2, 0.25) is 11.7 Å². The van der Waals surface area contributed by atoms with Gasteiger partial charge in [0, 0.05) is 13.1 Å². The number of amides is 1. The monoisotopic (exact) mass is 360 g/mol. The first-order valence-corrected chi connectivity index (χ1v) is 8.70. The fourth-order valence-electron chi connectivity index (χ4n) is 3.27. The number of carbonyl (C=O) groups is 1. The van der Waals surface area contributed by atoms with Gasteiger partial charge in [0.15, 0.2) is 0 Å². The van der Waals surface area contributed by atoms with Crippen LogP contribution < -0.4 is 9.64 Å². The van der Waals surface area contributed by atoms with Crippen molar-refractivity contribution in [2.75, 3.05) is 11.4 Å². The molecule has 0 fully saturated rings. The van der Waals surface area contributed by atoms with Crippen LogP contribution in [0.5, 0.6) is 5.88 Å². The number of imidazole rings is 1. The van der Waals surface area contributed by atoms with Crippen molar-refractivity contribution in [1.82, 2.24) is 14.7 Å². The number of nitrogens with zero attached hydrogens (tertiary/aromatic N) is 4. The molecular formula is C20H16N4O3. The van der Waals surface area contributed by atoms with Crippen molar-refractivity contribution >= 4 is 22.9 Å². The molecule has 3 heterocycles. The molecule has 0 N–H and O–H groups in total. The van der Waals surface area contributed by atoms with Crippen molar-refractivity contribution in [3.8, 4) is 5.88 Å². The topological polar surface area (TPSA) is 73.4 Å². The standard InChI is InChI=1S/C20H16N4O3/c25-19(17-12-18(22-27-17)26-13-14-6-2-1-3-7-14)24-11-10-23-16-9-5-4-8-15(16)21-20(23)24/h1-9,12H,10-11,13H2. The first-order valence-electron chi connectivity index (χ1n) is 8.70. The van der Waals surface area contributed by atoms with Crippen molar-refractivity contribution in [2.24, 2.45) is 0 Å². The Morgan fingerprint density at radius 3 is 2.78 bits per heavy atom. The van der Waals surface area contributed by atoms with Crippen LogP contribution in [0.1, 0.15) is 16.1 Å². The normalized spacial score (nSPS) is 13.1. The Bertz CT molecular complexity index is 1120. The molecule has 27 heavy (non-hydrogen) atoms. The highest BCUT2D eigenvalue weighted by molar-refractivity contribution is 6.04. The molecular weight excluding hydrogens is 344 g/mol. The van der Waals surface area contributed by atoms with Crippen LogP contribution in [0, 0.1) is 0 Å². The van der Waals surface area contributed by atoms with Gasteiger partial charge in [0.1, 0.15) is 6.61 Å². The summed E-state index contributed by atoms with van der Waals surface area (Å²) in [5.41, 5.74) is 2.91. The highest BCUT2D eigenvalue weighted by atomic mass is 16.5. The molecule has 7 nitrogen and oxygen atoms in total. The van der Waals surface area contributed by atoms with Gasteiger partial charge in [-0.1, -0.05) is 42.5 Å². The summed E-state index contributed by atoms with van der Waals surface area (Å²) in [7, 11) is 0. The predicted molar refractivity (Wildman–Crippen MR) is 98.7 cm³/mol. The Hall–Kier alpha value is -3.61. The van der Waals surface area contributed by atoms with Gasteiger partial charge >= 0.3 is 0 Å². The minimum Gasteiger partial charge on any atom is -0.471 e. The van der Waals surface area contributed by atoms with Gasteiger partial charge in [0.05, 0.1) is 17.1 Å². The van der Waals surface area contributed by atoms with E-state index in [1.54, 1.807) is 4.90 Å². The smallest absolute Gasteiger partial charge is 0.299 e. The third-order valence-electron chi connectivity index (χ3n) is 4.60. The Labute approximate surface area is 154 Å². The second-order valence-electron chi connectivity index (χ2n) is 6.31. The number of ether oxygens (including phenoxy) is 1. The Kier molecular flexibility index (Phi) is 3.64. The Morgan fingerprint density at radius 2 is 1.89 bits per heavy atom. The first-order chi connectivity index (χ1) is 13.3. The van der Waals surface area contributed by atoms with Gasteiger partial charge in [0.25, 0.3) is 11.8 Å². The van der Waals surface area contributed by atoms with Crippen LogP contribution in [0.15, 0.2) is 65.2 Å². The largest absolute Gasteiger partial charge is 0.471 e. The van der Waals surface area contributed by atoms with Crippen LogP contribution in [0.2, 0.25) is 0 Å². The summed E-state index contributed by atoms with van der Waals surface area (Å²) in [4.78, 5) is 19.0. The lowest BCUT2D eigenvalue weighted by Crippen LogP contribution is -2.29. The lowest BCUT2D eigenvalue weighted by atomic mass is 10.2. The molecule has 2 aromatic heterocycles. The van der Waals surface area contributed by atoms with Crippen LogP contribution in [0.25, 0.3) is 11.0 Å². The van der Waals surface area contributed by atoms with Crippen molar-refractivity contribution in [1.29, 1.82) is 0 Å². The molecule has 0 atom stereocenters. The van der Waals surface area contributed by atoms with E-state index in [0.717, 1.165) is 16.6 Å². The maximum atomic E-state index is 12.9. The number of benzene rings is 2. The van der Waals surface area contributed by atoms with E-state index in [9.17, 15) is 4.79 Å². The van der Waals surface area contributed by atoms with E-state index in [2.05, 4.69) is 10.1 Å². The molecule has 0 spiro atoms. The van der Waals surface area contributed by atoms with E-state index in [0.29, 0.717) is 25.6 Å². The SMILES string of the molecule is O=C(c1cc(OCc2ccccc2)no1)N1CCn2c1nc1ccccc12. The number of hydrogen-bond acceptors (Lipinski definition) is 5. The highest BCUT2D eigenvalue weighted by Crippen LogP contribution is 2.28. The van der Waals surface area contributed by atoms with E-state index in [1.807, 2.05) is 59.2 Å². The molecule has 1 amide bonds. The predicted octanol–water partition coefficient (Wildman–Crippen LogP) is 3.26. The summed E-state index contributed by atoms with van der Waals surface area (Å²) in [5, 5.41) is 3.85. The lowest BCUT2D eigenvalue weighted by molar-refractivity contribution is 0.0952. The van der Waals surface area contributed by atoms with Crippen LogP contribution in [0.4, 0.5) is 5.95 Å². The number of carbonyl (C=O) groups excluding carboxylic acids is 1. The molecule has 1 aliphatic rings. The Balaban J connectivity index is 1.35. The molecule has 2 aromatic carbocycles. The highest BCUT2D eigenvalue weighted by Gasteiger charge is 2.31. The summed E-state index contributed by atoms with van der Waals surface area (Å²) in [5.74, 6) is 0.781. The molecule has 7 heteroatoms. The first kappa shape index (κ1) is 15.6. The summed E-state index contributed by atoms with van der Waals surface area (Å²) in [6.07, 6.45) is 0. The number of anilines is 1. The Morgan fingerprint density at radius 1 is 1.07 bits per heavy atom. The van der Waals surface area contributed by atoms with E-state index in [4.69, 9.17) is 9.26 Å². The molecule has 1 aliphatic heterocycles. The van der Waals surface area contributed by atoms with Gasteiger partial charge in [-0.15, -0.1) is 0 Å². The summed E-state index contributed by atoms with van der Waals surface area (Å²) in [6.45, 7) is 1.61. The number of hydrogen-bond donors (Lipinski definition) is 0. The molecule has 0 saturated heterocycles. The molecule has 0 unspecified atom stereocenters. The zero-order chi connectivity index (χ0) is 18.2. The minimum absolute atomic E-state index is 0.138. The zero-order valence-corrected chi connectivity index (χ0v) is 14.4. The molecule has 5 rings (SSSR count). The number of rotatable bonds is 4. The van der Waals surface area contributed by atoms with Crippen LogP contribution in [0.3, 0.4) is 0 Å². The average molecular weight is 360 g/mol. The van der Waals surface area contributed by atoms with Gasteiger partial charge in [-0.3, -0.25) is 9.69 Å². The zero-order valence-electron chi connectivity index (χ0n) is 14.4. The molecule has 0 bridgehead atoms. The van der Waals surface area contributed by atoms with E-state index in [1.165, 1.54) is 6.07 Å². The summed E-state index contributed by atoms with van der Waals surface area (Å²) >= 11 is 0. The van der Waals surface area contributed by atoms with Gasteiger partial charge in [-0.2, -0.15) is 0 Å². The third-order valence-corrected chi connectivity index (χ3v) is 4.60. The fourth-order valence-corrected chi connectivity index (χ4v) is 3.27. The van der Waals surface area contributed by atoms with Crippen molar-refractivity contribution < 1.29 is 14.1 Å². The molecule has 0 radical (unpaired) electrons. The summed E-state index contributed by atoms with van der Waals surface area (Å²) < 4.78 is 12.9. The van der Waals surface area contributed by atoms with Gasteiger partial charge in [-0.05, 0) is 22.9 Å². The second kappa shape index (κ2) is 6.28. The molecule has 0 saturated carbocycles. The maximum absolute atomic E-state index is 12.9. The molecule has 0 aliphatic carbocycles. The molecule has 134 valence electrons. The lowest BCUT2D eigenvalue weighted by Gasteiger charge is -2.10. The van der Waals surface area contributed by atoms with Crippen molar-refractivity contribution in [3.05, 3.63) is 72.0 Å². The quantitative estimate of drug-likeness (QED) is 0.558. The average Bonchev–Trinajstić information content (AvgIpc) is 3.42. The number of para-hydroxylation sites is 2. The van der Waals surface area contributed by atoms with Crippen LogP contribution in [-0.2, 0) is 13.2 Å². The third kappa shape index (κ3) is 2.73. The van der Waals surface area contributed by atoms with Crippen molar-refractivity contribution in [3.63, 3.8) is 0 Å². The van der Waals surface area contributed by atoms with Gasteiger partial charge < -0.3 is 13.8 Å². The van der Waals surface area contributed by atoms with E-state index < -0.39 is 0 Å². The molecule has 4 aromatic rings. The summed E-state index contributed by atoms with van der Waals surface area (Å²) in [6, 6.07) is 19.1. The van der Waals surface area contributed by atoms with Crippen LogP contribution >= 0.6 is 0 Å².